The Morgan fingerprint density at radius 2 is 1.72 bits per heavy atom. The maximum atomic E-state index is 13.1. The van der Waals surface area contributed by atoms with Gasteiger partial charge in [-0.25, -0.2) is 0 Å². The fourth-order valence-electron chi connectivity index (χ4n) is 4.05. The standard InChI is InChI=1S/C26H31NO5/c1-5-6-7-8-15-27-23(20-14-13-19(31-3)16-21(20)32-4)22(25(29)26(27)30)24(28)18-11-9-17(2)10-12-18/h9-14,16,23,28H,5-8,15H2,1-4H3/t23-/m1/s1. The van der Waals surface area contributed by atoms with E-state index in [1.807, 2.05) is 19.1 Å². The predicted molar refractivity (Wildman–Crippen MR) is 124 cm³/mol. The highest BCUT2D eigenvalue weighted by atomic mass is 16.5. The summed E-state index contributed by atoms with van der Waals surface area (Å²) in [7, 11) is 3.09. The molecule has 0 spiro atoms. The third-order valence-corrected chi connectivity index (χ3v) is 5.85. The molecule has 3 rings (SSSR count). The fourth-order valence-corrected chi connectivity index (χ4v) is 4.05. The number of nitrogens with zero attached hydrogens (tertiary/aromatic N) is 1. The van der Waals surface area contributed by atoms with Crippen molar-refractivity contribution in [2.24, 2.45) is 0 Å². The van der Waals surface area contributed by atoms with Crippen LogP contribution in [0.1, 0.15) is 55.3 Å². The highest BCUT2D eigenvalue weighted by molar-refractivity contribution is 6.46. The summed E-state index contributed by atoms with van der Waals surface area (Å²) >= 11 is 0. The van der Waals surface area contributed by atoms with Gasteiger partial charge in [0.05, 0.1) is 25.8 Å². The van der Waals surface area contributed by atoms with E-state index in [0.717, 1.165) is 31.2 Å². The number of Topliss-reactive ketones (excluding diaryl/α,β-unsaturated/α-hetero) is 1. The SMILES string of the molecule is CCCCCCN1C(=O)C(=O)C(=C(O)c2ccc(C)cc2)[C@H]1c1ccc(OC)cc1OC. The molecule has 0 unspecified atom stereocenters. The average molecular weight is 438 g/mol. The van der Waals surface area contributed by atoms with E-state index in [4.69, 9.17) is 9.47 Å². The third-order valence-electron chi connectivity index (χ3n) is 5.85. The van der Waals surface area contributed by atoms with E-state index in [9.17, 15) is 14.7 Å². The van der Waals surface area contributed by atoms with E-state index < -0.39 is 17.7 Å². The molecule has 0 aromatic heterocycles. The minimum absolute atomic E-state index is 0.0813. The number of unbranched alkanes of at least 4 members (excludes halogenated alkanes) is 3. The summed E-state index contributed by atoms with van der Waals surface area (Å²) in [5.74, 6) is -0.365. The normalized spacial score (nSPS) is 17.6. The first-order valence-electron chi connectivity index (χ1n) is 11.0. The molecule has 6 nitrogen and oxygen atoms in total. The monoisotopic (exact) mass is 437 g/mol. The van der Waals surface area contributed by atoms with Crippen LogP contribution in [0.5, 0.6) is 11.5 Å². The molecular weight excluding hydrogens is 406 g/mol. The van der Waals surface area contributed by atoms with E-state index >= 15 is 0 Å². The number of hydrogen-bond donors (Lipinski definition) is 1. The lowest BCUT2D eigenvalue weighted by Gasteiger charge is -2.27. The first-order valence-corrected chi connectivity index (χ1v) is 11.0. The molecule has 1 aliphatic heterocycles. The van der Waals surface area contributed by atoms with Crippen molar-refractivity contribution in [1.82, 2.24) is 4.90 Å². The van der Waals surface area contributed by atoms with Crippen LogP contribution in [0, 0.1) is 6.92 Å². The number of aryl methyl sites for hydroxylation is 1. The van der Waals surface area contributed by atoms with Gasteiger partial charge >= 0.3 is 0 Å². The number of hydrogen-bond acceptors (Lipinski definition) is 5. The van der Waals surface area contributed by atoms with E-state index in [-0.39, 0.29) is 11.3 Å². The van der Waals surface area contributed by atoms with Crippen LogP contribution in [0.4, 0.5) is 0 Å². The van der Waals surface area contributed by atoms with Crippen molar-refractivity contribution in [3.8, 4) is 11.5 Å². The molecule has 1 heterocycles. The number of benzene rings is 2. The lowest BCUT2D eigenvalue weighted by Crippen LogP contribution is -2.30. The van der Waals surface area contributed by atoms with Gasteiger partial charge in [-0.15, -0.1) is 0 Å². The molecule has 2 aromatic rings. The van der Waals surface area contributed by atoms with E-state index in [2.05, 4.69) is 6.92 Å². The Hall–Kier alpha value is -3.28. The molecule has 170 valence electrons. The van der Waals surface area contributed by atoms with Crippen molar-refractivity contribution in [3.05, 3.63) is 64.7 Å². The second kappa shape index (κ2) is 10.4. The van der Waals surface area contributed by atoms with Gasteiger partial charge in [-0.05, 0) is 25.5 Å². The van der Waals surface area contributed by atoms with Crippen LogP contribution in [0.25, 0.3) is 5.76 Å². The molecule has 32 heavy (non-hydrogen) atoms. The zero-order chi connectivity index (χ0) is 23.3. The van der Waals surface area contributed by atoms with Gasteiger partial charge in [0.25, 0.3) is 11.7 Å². The molecule has 6 heteroatoms. The molecule has 1 aliphatic rings. The number of carbonyl (C=O) groups excluding carboxylic acids is 2. The number of likely N-dealkylation sites (tertiary alicyclic amines) is 1. The van der Waals surface area contributed by atoms with Crippen LogP contribution >= 0.6 is 0 Å². The fraction of sp³-hybridized carbons (Fsp3) is 0.385. The Kier molecular flexibility index (Phi) is 7.57. The number of rotatable bonds is 9. The summed E-state index contributed by atoms with van der Waals surface area (Å²) in [6.07, 6.45) is 3.87. The molecule has 0 aliphatic carbocycles. The second-order valence-electron chi connectivity index (χ2n) is 8.03. The smallest absolute Gasteiger partial charge is 0.295 e. The van der Waals surface area contributed by atoms with E-state index in [1.165, 1.54) is 7.11 Å². The second-order valence-corrected chi connectivity index (χ2v) is 8.03. The van der Waals surface area contributed by atoms with Crippen LogP contribution in [-0.2, 0) is 9.59 Å². The van der Waals surface area contributed by atoms with E-state index in [0.29, 0.717) is 29.2 Å². The summed E-state index contributed by atoms with van der Waals surface area (Å²) in [5.41, 5.74) is 2.25. The van der Waals surface area contributed by atoms with Gasteiger partial charge in [0.15, 0.2) is 0 Å². The van der Waals surface area contributed by atoms with Crippen molar-refractivity contribution < 1.29 is 24.2 Å². The first-order chi connectivity index (χ1) is 15.4. The van der Waals surface area contributed by atoms with Crippen molar-refractivity contribution >= 4 is 17.4 Å². The molecule has 1 saturated heterocycles. The van der Waals surface area contributed by atoms with Crippen LogP contribution in [0.15, 0.2) is 48.0 Å². The predicted octanol–water partition coefficient (Wildman–Crippen LogP) is 5.01. The molecular formula is C26H31NO5. The highest BCUT2D eigenvalue weighted by Gasteiger charge is 2.46. The van der Waals surface area contributed by atoms with Crippen LogP contribution < -0.4 is 9.47 Å². The summed E-state index contributed by atoms with van der Waals surface area (Å²) in [6.45, 7) is 4.49. The maximum Gasteiger partial charge on any atom is 0.295 e. The highest BCUT2D eigenvalue weighted by Crippen LogP contribution is 2.43. The number of aliphatic hydroxyl groups excluding tert-OH is 1. The quantitative estimate of drug-likeness (QED) is 0.258. The number of amides is 1. The van der Waals surface area contributed by atoms with Crippen molar-refractivity contribution in [3.63, 3.8) is 0 Å². The van der Waals surface area contributed by atoms with Crippen molar-refractivity contribution in [1.29, 1.82) is 0 Å². The molecule has 2 aromatic carbocycles. The Balaban J connectivity index is 2.14. The molecule has 1 N–H and O–H groups in total. The number of ether oxygens (including phenoxy) is 2. The first kappa shape index (κ1) is 23.4. The summed E-state index contributed by atoms with van der Waals surface area (Å²) in [6, 6.07) is 11.8. The Labute approximate surface area is 189 Å². The Morgan fingerprint density at radius 1 is 1.00 bits per heavy atom. The van der Waals surface area contributed by atoms with Gasteiger partial charge in [0.2, 0.25) is 0 Å². The zero-order valence-corrected chi connectivity index (χ0v) is 19.2. The minimum atomic E-state index is -0.737. The summed E-state index contributed by atoms with van der Waals surface area (Å²) in [5, 5.41) is 11.1. The van der Waals surface area contributed by atoms with E-state index in [1.54, 1.807) is 42.3 Å². The van der Waals surface area contributed by atoms with Crippen LogP contribution in [0.3, 0.4) is 0 Å². The van der Waals surface area contributed by atoms with Gasteiger partial charge in [-0.2, -0.15) is 0 Å². The molecule has 0 radical (unpaired) electrons. The topological polar surface area (TPSA) is 76.1 Å². The van der Waals surface area contributed by atoms with Gasteiger partial charge in [-0.1, -0.05) is 56.0 Å². The number of carbonyl (C=O) groups is 2. The minimum Gasteiger partial charge on any atom is -0.507 e. The van der Waals surface area contributed by atoms with Crippen LogP contribution in [-0.4, -0.2) is 42.5 Å². The number of methoxy groups -OCH3 is 2. The van der Waals surface area contributed by atoms with Crippen molar-refractivity contribution in [2.75, 3.05) is 20.8 Å². The lowest BCUT2D eigenvalue weighted by molar-refractivity contribution is -0.139. The molecule has 1 atom stereocenters. The Morgan fingerprint density at radius 3 is 2.34 bits per heavy atom. The molecule has 0 bridgehead atoms. The van der Waals surface area contributed by atoms with Gasteiger partial charge < -0.3 is 19.5 Å². The van der Waals surface area contributed by atoms with Crippen molar-refractivity contribution in [2.45, 2.75) is 45.6 Å². The molecule has 1 amide bonds. The third kappa shape index (κ3) is 4.64. The number of ketones is 1. The molecule has 1 fully saturated rings. The summed E-state index contributed by atoms with van der Waals surface area (Å²) < 4.78 is 10.9. The Bertz CT molecular complexity index is 1010. The molecule has 0 saturated carbocycles. The van der Waals surface area contributed by atoms with Gasteiger partial charge in [0.1, 0.15) is 17.3 Å². The zero-order valence-electron chi connectivity index (χ0n) is 19.2. The van der Waals surface area contributed by atoms with Gasteiger partial charge in [-0.3, -0.25) is 9.59 Å². The van der Waals surface area contributed by atoms with Gasteiger partial charge in [0, 0.05) is 23.7 Å². The maximum absolute atomic E-state index is 13.1. The average Bonchev–Trinajstić information content (AvgIpc) is 3.06. The number of aliphatic hydroxyl groups is 1. The van der Waals surface area contributed by atoms with Crippen LogP contribution in [0.2, 0.25) is 0 Å². The summed E-state index contributed by atoms with van der Waals surface area (Å²) in [4.78, 5) is 27.7. The largest absolute Gasteiger partial charge is 0.507 e. The lowest BCUT2D eigenvalue weighted by atomic mass is 9.94.